The van der Waals surface area contributed by atoms with Crippen molar-refractivity contribution in [2.24, 2.45) is 11.8 Å². The quantitative estimate of drug-likeness (QED) is 0.777. The van der Waals surface area contributed by atoms with Crippen molar-refractivity contribution in [3.8, 4) is 0 Å². The molecule has 0 aromatic rings. The highest BCUT2D eigenvalue weighted by Gasteiger charge is 2.27. The van der Waals surface area contributed by atoms with Crippen LogP contribution in [0.25, 0.3) is 0 Å². The summed E-state index contributed by atoms with van der Waals surface area (Å²) < 4.78 is 5.73. The third kappa shape index (κ3) is 4.79. The Balaban J connectivity index is 1.67. The standard InChI is InChI=1S/C16H29NO2/c1-2-14-7-3-4-8-15(14)19-16(18)10-9-13-6-5-11-17-12-13/h13-15,17H,2-12H2,1H3. The van der Waals surface area contributed by atoms with E-state index in [9.17, 15) is 4.79 Å². The Morgan fingerprint density at radius 1 is 1.21 bits per heavy atom. The zero-order valence-corrected chi connectivity index (χ0v) is 12.3. The van der Waals surface area contributed by atoms with Crippen molar-refractivity contribution < 1.29 is 9.53 Å². The van der Waals surface area contributed by atoms with Crippen molar-refractivity contribution in [3.63, 3.8) is 0 Å². The fourth-order valence-corrected chi connectivity index (χ4v) is 3.52. The van der Waals surface area contributed by atoms with Crippen LogP contribution >= 0.6 is 0 Å². The van der Waals surface area contributed by atoms with Crippen molar-refractivity contribution in [2.75, 3.05) is 13.1 Å². The van der Waals surface area contributed by atoms with E-state index in [2.05, 4.69) is 12.2 Å². The average molecular weight is 267 g/mol. The first kappa shape index (κ1) is 14.8. The molecule has 0 spiro atoms. The van der Waals surface area contributed by atoms with Gasteiger partial charge >= 0.3 is 5.97 Å². The van der Waals surface area contributed by atoms with Crippen LogP contribution in [0, 0.1) is 11.8 Å². The Labute approximate surface area is 117 Å². The molecule has 3 unspecified atom stereocenters. The van der Waals surface area contributed by atoms with Gasteiger partial charge in [-0.3, -0.25) is 4.79 Å². The van der Waals surface area contributed by atoms with Crippen LogP contribution in [-0.4, -0.2) is 25.2 Å². The minimum absolute atomic E-state index is 0.0379. The number of hydrogen-bond donors (Lipinski definition) is 1. The van der Waals surface area contributed by atoms with Crippen molar-refractivity contribution in [1.82, 2.24) is 5.32 Å². The van der Waals surface area contributed by atoms with E-state index >= 15 is 0 Å². The van der Waals surface area contributed by atoms with E-state index in [4.69, 9.17) is 4.74 Å². The molecular formula is C16H29NO2. The molecule has 2 aliphatic rings. The zero-order chi connectivity index (χ0) is 13.5. The molecule has 1 aliphatic heterocycles. The molecule has 0 aromatic carbocycles. The van der Waals surface area contributed by atoms with Gasteiger partial charge in [0.1, 0.15) is 6.10 Å². The molecule has 3 heteroatoms. The number of hydrogen-bond acceptors (Lipinski definition) is 3. The lowest BCUT2D eigenvalue weighted by atomic mass is 9.85. The van der Waals surface area contributed by atoms with Crippen LogP contribution in [0.4, 0.5) is 0 Å². The molecule has 19 heavy (non-hydrogen) atoms. The fraction of sp³-hybridized carbons (Fsp3) is 0.938. The first-order valence-corrected chi connectivity index (χ1v) is 8.19. The van der Waals surface area contributed by atoms with Gasteiger partial charge in [0, 0.05) is 6.42 Å². The van der Waals surface area contributed by atoms with E-state index in [-0.39, 0.29) is 12.1 Å². The summed E-state index contributed by atoms with van der Waals surface area (Å²) in [7, 11) is 0. The van der Waals surface area contributed by atoms with E-state index in [0.717, 1.165) is 32.4 Å². The Hall–Kier alpha value is -0.570. The third-order valence-electron chi connectivity index (χ3n) is 4.80. The smallest absolute Gasteiger partial charge is 0.306 e. The zero-order valence-electron chi connectivity index (χ0n) is 12.3. The number of esters is 1. The highest BCUT2D eigenvalue weighted by molar-refractivity contribution is 5.69. The predicted molar refractivity (Wildman–Crippen MR) is 77.0 cm³/mol. The highest BCUT2D eigenvalue weighted by Crippen LogP contribution is 2.29. The minimum atomic E-state index is 0.0379. The van der Waals surface area contributed by atoms with Gasteiger partial charge in [0.05, 0.1) is 0 Å². The first-order chi connectivity index (χ1) is 9.29. The number of ether oxygens (including phenoxy) is 1. The normalized spacial score (nSPS) is 31.9. The van der Waals surface area contributed by atoms with E-state index in [1.54, 1.807) is 0 Å². The molecule has 0 aromatic heterocycles. The van der Waals surface area contributed by atoms with Crippen LogP contribution in [0.15, 0.2) is 0 Å². The first-order valence-electron chi connectivity index (χ1n) is 8.19. The molecule has 3 nitrogen and oxygen atoms in total. The molecule has 2 fully saturated rings. The Morgan fingerprint density at radius 3 is 2.79 bits per heavy atom. The second kappa shape index (κ2) is 7.88. The SMILES string of the molecule is CCC1CCCCC1OC(=O)CCC1CCCNC1. The molecule has 3 atom stereocenters. The highest BCUT2D eigenvalue weighted by atomic mass is 16.5. The molecular weight excluding hydrogens is 238 g/mol. The van der Waals surface area contributed by atoms with Crippen LogP contribution in [0.1, 0.15) is 64.7 Å². The molecule has 0 bridgehead atoms. The monoisotopic (exact) mass is 267 g/mol. The van der Waals surface area contributed by atoms with Gasteiger partial charge in [0.15, 0.2) is 0 Å². The van der Waals surface area contributed by atoms with Crippen LogP contribution in [0.2, 0.25) is 0 Å². The predicted octanol–water partition coefficient (Wildman–Crippen LogP) is 3.28. The Kier molecular flexibility index (Phi) is 6.15. The number of piperidine rings is 1. The van der Waals surface area contributed by atoms with Crippen LogP contribution in [-0.2, 0) is 9.53 Å². The van der Waals surface area contributed by atoms with Crippen molar-refractivity contribution in [2.45, 2.75) is 70.8 Å². The third-order valence-corrected chi connectivity index (χ3v) is 4.80. The Bertz CT molecular complexity index is 274. The topological polar surface area (TPSA) is 38.3 Å². The van der Waals surface area contributed by atoms with Gasteiger partial charge in [-0.25, -0.2) is 0 Å². The van der Waals surface area contributed by atoms with Gasteiger partial charge in [0.25, 0.3) is 0 Å². The van der Waals surface area contributed by atoms with Crippen molar-refractivity contribution in [3.05, 3.63) is 0 Å². The Morgan fingerprint density at radius 2 is 2.05 bits per heavy atom. The van der Waals surface area contributed by atoms with E-state index in [1.165, 1.54) is 32.1 Å². The van der Waals surface area contributed by atoms with Crippen LogP contribution in [0.5, 0.6) is 0 Å². The largest absolute Gasteiger partial charge is 0.462 e. The summed E-state index contributed by atoms with van der Waals surface area (Å²) in [4.78, 5) is 12.0. The minimum Gasteiger partial charge on any atom is -0.462 e. The molecule has 110 valence electrons. The number of rotatable bonds is 5. The van der Waals surface area contributed by atoms with Crippen LogP contribution < -0.4 is 5.32 Å². The van der Waals surface area contributed by atoms with Gasteiger partial charge < -0.3 is 10.1 Å². The van der Waals surface area contributed by atoms with Gasteiger partial charge in [0.2, 0.25) is 0 Å². The van der Waals surface area contributed by atoms with E-state index in [1.807, 2.05) is 0 Å². The number of nitrogens with one attached hydrogen (secondary N) is 1. The number of carbonyl (C=O) groups is 1. The summed E-state index contributed by atoms with van der Waals surface area (Å²) in [6.07, 6.45) is 10.3. The van der Waals surface area contributed by atoms with Crippen molar-refractivity contribution in [1.29, 1.82) is 0 Å². The molecule has 0 amide bonds. The summed E-state index contributed by atoms with van der Waals surface area (Å²) in [5, 5.41) is 3.40. The van der Waals surface area contributed by atoms with Gasteiger partial charge in [-0.15, -0.1) is 0 Å². The summed E-state index contributed by atoms with van der Waals surface area (Å²) in [5.74, 6) is 1.32. The number of carbonyl (C=O) groups excluding carboxylic acids is 1. The second-order valence-electron chi connectivity index (χ2n) is 6.23. The maximum absolute atomic E-state index is 12.0. The van der Waals surface area contributed by atoms with E-state index in [0.29, 0.717) is 18.3 Å². The molecule has 1 saturated heterocycles. The maximum Gasteiger partial charge on any atom is 0.306 e. The molecule has 1 N–H and O–H groups in total. The summed E-state index contributed by atoms with van der Waals surface area (Å²) >= 11 is 0. The molecule has 0 radical (unpaired) electrons. The van der Waals surface area contributed by atoms with E-state index < -0.39 is 0 Å². The lowest BCUT2D eigenvalue weighted by molar-refractivity contribution is -0.154. The summed E-state index contributed by atoms with van der Waals surface area (Å²) in [6.45, 7) is 4.43. The van der Waals surface area contributed by atoms with Gasteiger partial charge in [-0.2, -0.15) is 0 Å². The average Bonchev–Trinajstić information content (AvgIpc) is 2.47. The van der Waals surface area contributed by atoms with Gasteiger partial charge in [-0.05, 0) is 69.9 Å². The summed E-state index contributed by atoms with van der Waals surface area (Å²) in [6, 6.07) is 0. The van der Waals surface area contributed by atoms with Crippen molar-refractivity contribution >= 4 is 5.97 Å². The van der Waals surface area contributed by atoms with Crippen LogP contribution in [0.3, 0.4) is 0 Å². The maximum atomic E-state index is 12.0. The molecule has 1 aliphatic carbocycles. The molecule has 1 heterocycles. The summed E-state index contributed by atoms with van der Waals surface area (Å²) in [5.41, 5.74) is 0. The molecule has 1 saturated carbocycles. The molecule has 2 rings (SSSR count). The second-order valence-corrected chi connectivity index (χ2v) is 6.23. The lowest BCUT2D eigenvalue weighted by Gasteiger charge is -2.30. The fourth-order valence-electron chi connectivity index (χ4n) is 3.52. The lowest BCUT2D eigenvalue weighted by Crippen LogP contribution is -2.31. The van der Waals surface area contributed by atoms with Gasteiger partial charge in [-0.1, -0.05) is 13.3 Å².